The number of thiazole rings is 1. The highest BCUT2D eigenvalue weighted by Crippen LogP contribution is 2.28. The van der Waals surface area contributed by atoms with Gasteiger partial charge in [0.1, 0.15) is 12.1 Å². The third kappa shape index (κ3) is 9.36. The number of unbranched alkanes of at least 4 members (excludes halogenated alkanes) is 3. The second-order valence-corrected chi connectivity index (χ2v) is 12.6. The highest BCUT2D eigenvalue weighted by molar-refractivity contribution is 7.13. The zero-order valence-electron chi connectivity index (χ0n) is 24.3. The number of nitrogens with zero attached hydrogens (tertiary/aromatic N) is 2. The summed E-state index contributed by atoms with van der Waals surface area (Å²) in [6.07, 6.45) is 2.24. The van der Waals surface area contributed by atoms with E-state index in [9.17, 15) is 24.3 Å². The van der Waals surface area contributed by atoms with Crippen LogP contribution in [0, 0.1) is 12.3 Å². The Balaban J connectivity index is 1.58. The molecule has 0 spiro atoms. The van der Waals surface area contributed by atoms with Crippen LogP contribution in [0.25, 0.3) is 10.4 Å². The third-order valence-electron chi connectivity index (χ3n) is 7.26. The first-order chi connectivity index (χ1) is 19.4. The van der Waals surface area contributed by atoms with Crippen LogP contribution >= 0.6 is 11.3 Å². The first-order valence-electron chi connectivity index (χ1n) is 14.1. The second kappa shape index (κ2) is 14.5. The fraction of sp³-hybridized carbons (Fsp3) is 0.567. The Morgan fingerprint density at radius 1 is 1.07 bits per heavy atom. The lowest BCUT2D eigenvalue weighted by Gasteiger charge is -2.35. The summed E-state index contributed by atoms with van der Waals surface area (Å²) in [6.45, 7) is 7.81. The highest BCUT2D eigenvalue weighted by Gasteiger charge is 2.44. The number of aliphatic hydroxyl groups excluding tert-OH is 1. The number of aliphatic carboxylic acids is 1. The number of nitrogens with one attached hydrogen (secondary N) is 2. The van der Waals surface area contributed by atoms with Crippen molar-refractivity contribution in [3.8, 4) is 10.4 Å². The number of aryl methyl sites for hydroxylation is 1. The summed E-state index contributed by atoms with van der Waals surface area (Å²) in [5.74, 6) is -1.84. The van der Waals surface area contributed by atoms with E-state index in [1.54, 1.807) is 11.3 Å². The van der Waals surface area contributed by atoms with Crippen LogP contribution in [0.2, 0.25) is 0 Å². The van der Waals surface area contributed by atoms with Gasteiger partial charge < -0.3 is 25.7 Å². The molecule has 224 valence electrons. The molecule has 2 heterocycles. The van der Waals surface area contributed by atoms with Crippen LogP contribution in [0.1, 0.15) is 77.0 Å². The average molecular weight is 587 g/mol. The number of carbonyl (C=O) groups is 4. The average Bonchev–Trinajstić information content (AvgIpc) is 3.52. The minimum atomic E-state index is -0.870. The number of carbonyl (C=O) groups excluding carboxylic acids is 3. The van der Waals surface area contributed by atoms with Gasteiger partial charge in [0.15, 0.2) is 0 Å². The fourth-order valence-electron chi connectivity index (χ4n) is 4.93. The van der Waals surface area contributed by atoms with Gasteiger partial charge in [-0.15, -0.1) is 11.3 Å². The van der Waals surface area contributed by atoms with E-state index < -0.39 is 35.5 Å². The monoisotopic (exact) mass is 586 g/mol. The Morgan fingerprint density at radius 2 is 1.73 bits per heavy atom. The largest absolute Gasteiger partial charge is 0.481 e. The number of hydrogen-bond acceptors (Lipinski definition) is 7. The van der Waals surface area contributed by atoms with Crippen LogP contribution in [0.15, 0.2) is 29.8 Å². The molecule has 4 N–H and O–H groups in total. The number of aliphatic hydroxyl groups is 1. The number of carboxylic acids is 1. The summed E-state index contributed by atoms with van der Waals surface area (Å²) in [4.78, 5) is 57.0. The lowest BCUT2D eigenvalue weighted by Crippen LogP contribution is -2.57. The second-order valence-electron chi connectivity index (χ2n) is 11.8. The van der Waals surface area contributed by atoms with Gasteiger partial charge in [0, 0.05) is 32.4 Å². The van der Waals surface area contributed by atoms with Crippen LogP contribution in [-0.2, 0) is 25.7 Å². The van der Waals surface area contributed by atoms with Gasteiger partial charge in [-0.25, -0.2) is 4.98 Å². The number of carboxylic acid groups (broad SMARTS) is 1. The SMILES string of the molecule is Cc1ncsc1-c1ccc(CNC(=O)[C@@H]2C[C@@H](O)CN2C(=O)C(NC(=O)CCCCCCC(=O)O)C(C)(C)C)cc1. The molecule has 3 atom stereocenters. The molecule has 1 saturated heterocycles. The predicted octanol–water partition coefficient (Wildman–Crippen LogP) is 3.65. The Kier molecular flexibility index (Phi) is 11.4. The van der Waals surface area contributed by atoms with Gasteiger partial charge in [-0.1, -0.05) is 57.9 Å². The zero-order valence-corrected chi connectivity index (χ0v) is 25.1. The molecule has 0 radical (unpaired) electrons. The molecule has 1 aliphatic rings. The van der Waals surface area contributed by atoms with E-state index in [-0.39, 0.29) is 44.2 Å². The number of aromatic nitrogens is 1. The molecule has 0 aliphatic carbocycles. The number of β-amino-alcohol motifs (C(OH)–C–C–N with tert-alkyl or cyclic N) is 1. The molecule has 1 aromatic heterocycles. The van der Waals surface area contributed by atoms with Crippen molar-refractivity contribution in [3.63, 3.8) is 0 Å². The maximum atomic E-state index is 13.7. The van der Waals surface area contributed by atoms with Gasteiger partial charge in [-0.3, -0.25) is 19.2 Å². The van der Waals surface area contributed by atoms with Crippen molar-refractivity contribution in [2.75, 3.05) is 6.54 Å². The van der Waals surface area contributed by atoms with Gasteiger partial charge >= 0.3 is 5.97 Å². The molecular weight excluding hydrogens is 544 g/mol. The normalized spacial score (nSPS) is 17.7. The first-order valence-corrected chi connectivity index (χ1v) is 15.0. The topological polar surface area (TPSA) is 149 Å². The molecular formula is C30H42N4O6S. The van der Waals surface area contributed by atoms with Crippen molar-refractivity contribution >= 4 is 35.0 Å². The standard InChI is InChI=1S/C30H42N4O6S/c1-19-26(41-18-32-19)21-13-11-20(12-14-21)16-31-28(39)23-15-22(35)17-34(23)29(40)27(30(2,3)4)33-24(36)9-7-5-6-8-10-25(37)38/h11-14,18,22-23,27,35H,5-10,15-17H2,1-4H3,(H,31,39)(H,33,36)(H,37,38)/t22-,23+,27?/m1/s1. The molecule has 10 nitrogen and oxygen atoms in total. The zero-order chi connectivity index (χ0) is 30.2. The van der Waals surface area contributed by atoms with Crippen LogP contribution < -0.4 is 10.6 Å². The Hall–Kier alpha value is -3.31. The summed E-state index contributed by atoms with van der Waals surface area (Å²) in [7, 11) is 0. The van der Waals surface area contributed by atoms with Crippen molar-refractivity contribution in [3.05, 3.63) is 41.0 Å². The van der Waals surface area contributed by atoms with E-state index in [1.165, 1.54) is 4.90 Å². The number of amides is 3. The minimum Gasteiger partial charge on any atom is -0.481 e. The highest BCUT2D eigenvalue weighted by atomic mass is 32.1. The van der Waals surface area contributed by atoms with Gasteiger partial charge in [0.05, 0.1) is 22.2 Å². The summed E-state index contributed by atoms with van der Waals surface area (Å²) < 4.78 is 0. The lowest BCUT2D eigenvalue weighted by atomic mass is 9.85. The number of benzene rings is 1. The Labute approximate surface area is 245 Å². The fourth-order valence-corrected chi connectivity index (χ4v) is 5.74. The van der Waals surface area contributed by atoms with Crippen LogP contribution in [0.5, 0.6) is 0 Å². The number of likely N-dealkylation sites (tertiary alicyclic amines) is 1. The van der Waals surface area contributed by atoms with E-state index in [0.717, 1.165) is 34.5 Å². The predicted molar refractivity (Wildman–Crippen MR) is 157 cm³/mol. The smallest absolute Gasteiger partial charge is 0.303 e. The molecule has 0 bridgehead atoms. The van der Waals surface area contributed by atoms with Crippen molar-refractivity contribution in [2.45, 2.75) is 97.4 Å². The van der Waals surface area contributed by atoms with Gasteiger partial charge in [0.2, 0.25) is 17.7 Å². The van der Waals surface area contributed by atoms with E-state index >= 15 is 0 Å². The minimum absolute atomic E-state index is 0.0197. The maximum Gasteiger partial charge on any atom is 0.303 e. The van der Waals surface area contributed by atoms with E-state index in [4.69, 9.17) is 5.11 Å². The molecule has 1 aliphatic heterocycles. The molecule has 1 aromatic carbocycles. The molecule has 3 amide bonds. The Bertz CT molecular complexity index is 1210. The number of rotatable bonds is 13. The molecule has 1 fully saturated rings. The maximum absolute atomic E-state index is 13.7. The number of hydrogen-bond donors (Lipinski definition) is 4. The molecule has 0 saturated carbocycles. The van der Waals surface area contributed by atoms with E-state index in [0.29, 0.717) is 12.8 Å². The van der Waals surface area contributed by atoms with Gasteiger partial charge in [-0.2, -0.15) is 0 Å². The van der Waals surface area contributed by atoms with Crippen LogP contribution in [-0.4, -0.2) is 68.5 Å². The molecule has 1 unspecified atom stereocenters. The summed E-state index contributed by atoms with van der Waals surface area (Å²) in [5, 5.41) is 24.9. The third-order valence-corrected chi connectivity index (χ3v) is 8.23. The van der Waals surface area contributed by atoms with Crippen molar-refractivity contribution in [1.82, 2.24) is 20.5 Å². The van der Waals surface area contributed by atoms with Crippen LogP contribution in [0.3, 0.4) is 0 Å². The van der Waals surface area contributed by atoms with E-state index in [2.05, 4.69) is 15.6 Å². The quantitative estimate of drug-likeness (QED) is 0.262. The van der Waals surface area contributed by atoms with Crippen molar-refractivity contribution < 1.29 is 29.4 Å². The molecule has 3 rings (SSSR count). The Morgan fingerprint density at radius 3 is 2.32 bits per heavy atom. The molecule has 41 heavy (non-hydrogen) atoms. The summed E-state index contributed by atoms with van der Waals surface area (Å²) in [6, 6.07) is 6.16. The summed E-state index contributed by atoms with van der Waals surface area (Å²) in [5.41, 5.74) is 4.12. The van der Waals surface area contributed by atoms with Crippen LogP contribution in [0.4, 0.5) is 0 Å². The molecule has 11 heteroatoms. The molecule has 2 aromatic rings. The summed E-state index contributed by atoms with van der Waals surface area (Å²) >= 11 is 1.58. The van der Waals surface area contributed by atoms with E-state index in [1.807, 2.05) is 57.5 Å². The van der Waals surface area contributed by atoms with Crippen molar-refractivity contribution in [2.24, 2.45) is 5.41 Å². The lowest BCUT2D eigenvalue weighted by molar-refractivity contribution is -0.144. The van der Waals surface area contributed by atoms with Crippen molar-refractivity contribution in [1.29, 1.82) is 0 Å². The van der Waals surface area contributed by atoms with Gasteiger partial charge in [-0.05, 0) is 36.3 Å². The van der Waals surface area contributed by atoms with Gasteiger partial charge in [0.25, 0.3) is 0 Å². The first kappa shape index (κ1) is 32.2.